The van der Waals surface area contributed by atoms with Gasteiger partial charge in [-0.25, -0.2) is 4.98 Å². The Morgan fingerprint density at radius 3 is 2.86 bits per heavy atom. The van der Waals surface area contributed by atoms with Crippen LogP contribution in [0.5, 0.6) is 0 Å². The Morgan fingerprint density at radius 1 is 1.57 bits per heavy atom. The van der Waals surface area contributed by atoms with Gasteiger partial charge in [0.05, 0.1) is 18.1 Å². The lowest BCUT2D eigenvalue weighted by atomic mass is 10.2. The first-order chi connectivity index (χ1) is 6.65. The molecule has 14 heavy (non-hydrogen) atoms. The highest BCUT2D eigenvalue weighted by Gasteiger charge is 2.09. The van der Waals surface area contributed by atoms with Gasteiger partial charge in [-0.2, -0.15) is 0 Å². The molecule has 0 saturated heterocycles. The highest BCUT2D eigenvalue weighted by molar-refractivity contribution is 5.03. The number of rotatable bonds is 5. The minimum atomic E-state index is 0.0197. The Kier molecular flexibility index (Phi) is 4.10. The standard InChI is InChI=1S/C10H19N3O/c1-4-14-8(2)6-13-7-12-5-10(13)9(3)11/h5,7-9H,4,6,11H2,1-3H3/t8?,9-/m0/s1. The third kappa shape index (κ3) is 2.82. The van der Waals surface area contributed by atoms with E-state index in [1.165, 1.54) is 0 Å². The Balaban J connectivity index is 2.61. The minimum Gasteiger partial charge on any atom is -0.377 e. The number of hydrogen-bond acceptors (Lipinski definition) is 3. The van der Waals surface area contributed by atoms with Crippen molar-refractivity contribution in [3.05, 3.63) is 18.2 Å². The van der Waals surface area contributed by atoms with Crippen LogP contribution in [0.4, 0.5) is 0 Å². The molecule has 0 aliphatic heterocycles. The maximum absolute atomic E-state index is 5.81. The third-order valence-corrected chi connectivity index (χ3v) is 2.12. The van der Waals surface area contributed by atoms with Gasteiger partial charge >= 0.3 is 0 Å². The molecular formula is C10H19N3O. The van der Waals surface area contributed by atoms with Crippen LogP contribution in [0, 0.1) is 0 Å². The van der Waals surface area contributed by atoms with Crippen LogP contribution < -0.4 is 5.73 Å². The monoisotopic (exact) mass is 197 g/mol. The molecule has 80 valence electrons. The van der Waals surface area contributed by atoms with Gasteiger partial charge < -0.3 is 15.0 Å². The SMILES string of the molecule is CCOC(C)Cn1cncc1[C@H](C)N. The van der Waals surface area contributed by atoms with E-state index in [-0.39, 0.29) is 12.1 Å². The van der Waals surface area contributed by atoms with Crippen molar-refractivity contribution in [3.63, 3.8) is 0 Å². The summed E-state index contributed by atoms with van der Waals surface area (Å²) in [5, 5.41) is 0. The number of hydrogen-bond donors (Lipinski definition) is 1. The molecule has 2 atom stereocenters. The number of ether oxygens (including phenoxy) is 1. The predicted octanol–water partition coefficient (Wildman–Crippen LogP) is 1.33. The molecule has 0 bridgehead atoms. The van der Waals surface area contributed by atoms with Crippen LogP contribution in [0.25, 0.3) is 0 Å². The average molecular weight is 197 g/mol. The highest BCUT2D eigenvalue weighted by Crippen LogP contribution is 2.09. The molecule has 0 aromatic carbocycles. The molecule has 4 nitrogen and oxygen atoms in total. The van der Waals surface area contributed by atoms with Gasteiger partial charge in [0.2, 0.25) is 0 Å². The van der Waals surface area contributed by atoms with Crippen LogP contribution in [0.1, 0.15) is 32.5 Å². The van der Waals surface area contributed by atoms with Crippen LogP contribution in [0.3, 0.4) is 0 Å². The summed E-state index contributed by atoms with van der Waals surface area (Å²) < 4.78 is 7.51. The topological polar surface area (TPSA) is 53.1 Å². The molecule has 1 unspecified atom stereocenters. The summed E-state index contributed by atoms with van der Waals surface area (Å²) in [5.41, 5.74) is 6.86. The van der Waals surface area contributed by atoms with E-state index in [9.17, 15) is 0 Å². The van der Waals surface area contributed by atoms with Gasteiger partial charge in [-0.15, -0.1) is 0 Å². The molecule has 2 N–H and O–H groups in total. The molecule has 0 aliphatic rings. The summed E-state index contributed by atoms with van der Waals surface area (Å²) in [7, 11) is 0. The van der Waals surface area contributed by atoms with Crippen molar-refractivity contribution in [1.29, 1.82) is 0 Å². The largest absolute Gasteiger partial charge is 0.377 e. The first-order valence-electron chi connectivity index (χ1n) is 5.02. The van der Waals surface area contributed by atoms with Gasteiger partial charge in [-0.05, 0) is 20.8 Å². The van der Waals surface area contributed by atoms with Gasteiger partial charge in [0.15, 0.2) is 0 Å². The zero-order valence-electron chi connectivity index (χ0n) is 9.10. The molecule has 0 amide bonds. The van der Waals surface area contributed by atoms with Crippen LogP contribution in [0.15, 0.2) is 12.5 Å². The Morgan fingerprint density at radius 2 is 2.29 bits per heavy atom. The fraction of sp³-hybridized carbons (Fsp3) is 0.700. The molecule has 4 heteroatoms. The van der Waals surface area contributed by atoms with Gasteiger partial charge in [0, 0.05) is 25.4 Å². The molecule has 0 aliphatic carbocycles. The quantitative estimate of drug-likeness (QED) is 0.774. The second-order valence-electron chi connectivity index (χ2n) is 3.53. The molecule has 0 saturated carbocycles. The fourth-order valence-corrected chi connectivity index (χ4v) is 1.48. The van der Waals surface area contributed by atoms with E-state index < -0.39 is 0 Å². The zero-order valence-corrected chi connectivity index (χ0v) is 9.10. The van der Waals surface area contributed by atoms with Crippen molar-refractivity contribution in [1.82, 2.24) is 9.55 Å². The molecular weight excluding hydrogens is 178 g/mol. The van der Waals surface area contributed by atoms with Crippen molar-refractivity contribution in [2.45, 2.75) is 39.5 Å². The van der Waals surface area contributed by atoms with Crippen LogP contribution in [-0.4, -0.2) is 22.3 Å². The maximum atomic E-state index is 5.81. The summed E-state index contributed by atoms with van der Waals surface area (Å²) in [5.74, 6) is 0. The lowest BCUT2D eigenvalue weighted by Gasteiger charge is -2.15. The van der Waals surface area contributed by atoms with Crippen LogP contribution in [0.2, 0.25) is 0 Å². The third-order valence-electron chi connectivity index (χ3n) is 2.12. The highest BCUT2D eigenvalue weighted by atomic mass is 16.5. The number of nitrogens with zero attached hydrogens (tertiary/aromatic N) is 2. The number of nitrogens with two attached hydrogens (primary N) is 1. The molecule has 1 rings (SSSR count). The van der Waals surface area contributed by atoms with Crippen LogP contribution in [-0.2, 0) is 11.3 Å². The molecule has 1 heterocycles. The summed E-state index contributed by atoms with van der Waals surface area (Å²) >= 11 is 0. The number of imidazole rings is 1. The molecule has 1 aromatic heterocycles. The summed E-state index contributed by atoms with van der Waals surface area (Å²) in [4.78, 5) is 4.08. The van der Waals surface area contributed by atoms with Crippen molar-refractivity contribution in [2.75, 3.05) is 6.61 Å². The molecule has 0 spiro atoms. The maximum Gasteiger partial charge on any atom is 0.0949 e. The predicted molar refractivity (Wildman–Crippen MR) is 55.9 cm³/mol. The Labute approximate surface area is 85.1 Å². The normalized spacial score (nSPS) is 15.4. The molecule has 0 radical (unpaired) electrons. The zero-order chi connectivity index (χ0) is 10.6. The van der Waals surface area contributed by atoms with E-state index in [2.05, 4.69) is 11.9 Å². The van der Waals surface area contributed by atoms with Crippen molar-refractivity contribution >= 4 is 0 Å². The fourth-order valence-electron chi connectivity index (χ4n) is 1.48. The van der Waals surface area contributed by atoms with E-state index in [4.69, 9.17) is 10.5 Å². The van der Waals surface area contributed by atoms with Crippen molar-refractivity contribution < 1.29 is 4.74 Å². The van der Waals surface area contributed by atoms with Crippen LogP contribution >= 0.6 is 0 Å². The lowest BCUT2D eigenvalue weighted by molar-refractivity contribution is 0.0633. The van der Waals surface area contributed by atoms with E-state index in [0.29, 0.717) is 0 Å². The average Bonchev–Trinajstić information content (AvgIpc) is 2.52. The van der Waals surface area contributed by atoms with E-state index in [0.717, 1.165) is 18.8 Å². The Hall–Kier alpha value is -0.870. The summed E-state index contributed by atoms with van der Waals surface area (Å²) in [6, 6.07) is 0.0197. The molecule has 1 aromatic rings. The second-order valence-corrected chi connectivity index (χ2v) is 3.53. The van der Waals surface area contributed by atoms with Gasteiger partial charge in [-0.3, -0.25) is 0 Å². The van der Waals surface area contributed by atoms with E-state index >= 15 is 0 Å². The van der Waals surface area contributed by atoms with E-state index in [1.807, 2.05) is 24.6 Å². The van der Waals surface area contributed by atoms with Crippen molar-refractivity contribution in [3.8, 4) is 0 Å². The Bertz CT molecular complexity index is 270. The lowest BCUT2D eigenvalue weighted by Crippen LogP contribution is -2.20. The van der Waals surface area contributed by atoms with Gasteiger partial charge in [0.1, 0.15) is 0 Å². The molecule has 0 fully saturated rings. The smallest absolute Gasteiger partial charge is 0.0949 e. The summed E-state index contributed by atoms with van der Waals surface area (Å²) in [6.45, 7) is 7.55. The first kappa shape index (κ1) is 11.2. The van der Waals surface area contributed by atoms with E-state index in [1.54, 1.807) is 6.33 Å². The van der Waals surface area contributed by atoms with Gasteiger partial charge in [-0.1, -0.05) is 0 Å². The second kappa shape index (κ2) is 5.12. The van der Waals surface area contributed by atoms with Gasteiger partial charge in [0.25, 0.3) is 0 Å². The van der Waals surface area contributed by atoms with Crippen molar-refractivity contribution in [2.24, 2.45) is 5.73 Å². The summed E-state index contributed by atoms with van der Waals surface area (Å²) in [6.07, 6.45) is 3.81. The first-order valence-corrected chi connectivity index (χ1v) is 5.02. The number of aromatic nitrogens is 2. The minimum absolute atomic E-state index is 0.0197.